The van der Waals surface area contributed by atoms with Gasteiger partial charge in [-0.3, -0.25) is 4.79 Å². The molecular formula is C14H26O3Si. The molecule has 1 rings (SSSR count). The number of allylic oxidation sites excluding steroid dienone is 1. The zero-order valence-corrected chi connectivity index (χ0v) is 13.4. The van der Waals surface area contributed by atoms with Gasteiger partial charge in [0.1, 0.15) is 0 Å². The molecule has 104 valence electrons. The number of carbonyl (C=O) groups is 1. The molecule has 0 bridgehead atoms. The van der Waals surface area contributed by atoms with Crippen LogP contribution < -0.4 is 0 Å². The van der Waals surface area contributed by atoms with Crippen molar-refractivity contribution in [3.8, 4) is 0 Å². The maximum atomic E-state index is 11.6. The smallest absolute Gasteiger partial charge is 0.309 e. The third kappa shape index (κ3) is 3.69. The molecule has 0 unspecified atom stereocenters. The van der Waals surface area contributed by atoms with Gasteiger partial charge in [0.05, 0.1) is 19.1 Å². The quantitative estimate of drug-likeness (QED) is 0.447. The molecule has 0 aromatic heterocycles. The largest absolute Gasteiger partial charge is 0.469 e. The molecule has 0 saturated carbocycles. The van der Waals surface area contributed by atoms with Gasteiger partial charge in [-0.25, -0.2) is 0 Å². The van der Waals surface area contributed by atoms with E-state index in [-0.39, 0.29) is 23.0 Å². The minimum Gasteiger partial charge on any atom is -0.469 e. The summed E-state index contributed by atoms with van der Waals surface area (Å²) in [7, 11) is -0.321. The fourth-order valence-electron chi connectivity index (χ4n) is 1.85. The first-order valence-electron chi connectivity index (χ1n) is 6.59. The summed E-state index contributed by atoms with van der Waals surface area (Å²) < 4.78 is 11.1. The van der Waals surface area contributed by atoms with Gasteiger partial charge in [-0.1, -0.05) is 32.9 Å². The van der Waals surface area contributed by atoms with Crippen molar-refractivity contribution in [2.45, 2.75) is 57.8 Å². The molecule has 0 aromatic carbocycles. The molecule has 0 aromatic rings. The standard InChI is InChI=1S/C14H26O3Si/c1-14(2,3)18(5,6)17-12-9-7-8-11(10-12)13(15)16-4/h7,9,11-12H,8,10H2,1-6H3/t11-,12+/m1/s1. The Bertz CT molecular complexity index is 328. The normalized spacial score (nSPS) is 25.0. The fraction of sp³-hybridized carbons (Fsp3) is 0.786. The zero-order chi connectivity index (χ0) is 14.0. The van der Waals surface area contributed by atoms with Crippen LogP contribution in [0.4, 0.5) is 0 Å². The molecular weight excluding hydrogens is 244 g/mol. The predicted molar refractivity (Wildman–Crippen MR) is 76.0 cm³/mol. The van der Waals surface area contributed by atoms with Gasteiger partial charge in [0.2, 0.25) is 0 Å². The number of esters is 1. The number of carbonyl (C=O) groups excluding carboxylic acids is 1. The first-order chi connectivity index (χ1) is 8.17. The third-order valence-corrected chi connectivity index (χ3v) is 8.58. The summed E-state index contributed by atoms with van der Waals surface area (Å²) in [6.07, 6.45) is 5.71. The molecule has 2 atom stereocenters. The SMILES string of the molecule is COC(=O)[C@@H]1CC=C[C@H](O[Si](C)(C)C(C)(C)C)C1. The molecule has 0 N–H and O–H groups in total. The highest BCUT2D eigenvalue weighted by molar-refractivity contribution is 6.74. The van der Waals surface area contributed by atoms with Gasteiger partial charge in [0, 0.05) is 0 Å². The van der Waals surface area contributed by atoms with Crippen molar-refractivity contribution in [2.75, 3.05) is 7.11 Å². The zero-order valence-electron chi connectivity index (χ0n) is 12.4. The topological polar surface area (TPSA) is 35.5 Å². The van der Waals surface area contributed by atoms with Crippen LogP contribution in [0.5, 0.6) is 0 Å². The van der Waals surface area contributed by atoms with Gasteiger partial charge in [-0.05, 0) is 31.0 Å². The average molecular weight is 270 g/mol. The molecule has 0 radical (unpaired) electrons. The summed E-state index contributed by atoms with van der Waals surface area (Å²) in [4.78, 5) is 11.6. The van der Waals surface area contributed by atoms with E-state index >= 15 is 0 Å². The van der Waals surface area contributed by atoms with Crippen molar-refractivity contribution in [2.24, 2.45) is 5.92 Å². The van der Waals surface area contributed by atoms with E-state index in [1.54, 1.807) is 0 Å². The lowest BCUT2D eigenvalue weighted by Gasteiger charge is -2.39. The molecule has 0 aliphatic heterocycles. The first-order valence-corrected chi connectivity index (χ1v) is 9.50. The van der Waals surface area contributed by atoms with Crippen molar-refractivity contribution in [1.82, 2.24) is 0 Å². The van der Waals surface area contributed by atoms with Crippen LogP contribution >= 0.6 is 0 Å². The number of hydrogen-bond donors (Lipinski definition) is 0. The third-order valence-electron chi connectivity index (χ3n) is 4.07. The molecule has 0 amide bonds. The molecule has 4 heteroatoms. The van der Waals surface area contributed by atoms with E-state index in [1.807, 2.05) is 6.08 Å². The predicted octanol–water partition coefficient (Wildman–Crippen LogP) is 3.52. The summed E-state index contributed by atoms with van der Waals surface area (Å²) in [6.45, 7) is 11.2. The van der Waals surface area contributed by atoms with Crippen LogP contribution in [0.3, 0.4) is 0 Å². The minimum absolute atomic E-state index is 0.0465. The van der Waals surface area contributed by atoms with Gasteiger partial charge >= 0.3 is 5.97 Å². The lowest BCUT2D eigenvalue weighted by Crippen LogP contribution is -2.44. The van der Waals surface area contributed by atoms with E-state index in [0.717, 1.165) is 12.8 Å². The monoisotopic (exact) mass is 270 g/mol. The van der Waals surface area contributed by atoms with E-state index < -0.39 is 8.32 Å². The second kappa shape index (κ2) is 5.57. The highest BCUT2D eigenvalue weighted by Gasteiger charge is 2.40. The highest BCUT2D eigenvalue weighted by atomic mass is 28.4. The lowest BCUT2D eigenvalue weighted by atomic mass is 9.93. The van der Waals surface area contributed by atoms with Gasteiger partial charge in [0.15, 0.2) is 8.32 Å². The van der Waals surface area contributed by atoms with E-state index in [1.165, 1.54) is 7.11 Å². The Kier molecular flexibility index (Phi) is 4.78. The molecule has 3 nitrogen and oxygen atoms in total. The lowest BCUT2D eigenvalue weighted by molar-refractivity contribution is -0.146. The maximum Gasteiger partial charge on any atom is 0.309 e. The summed E-state index contributed by atoms with van der Waals surface area (Å²) >= 11 is 0. The van der Waals surface area contributed by atoms with Crippen LogP contribution in [-0.2, 0) is 14.0 Å². The Labute approximate surface area is 112 Å². The Morgan fingerprint density at radius 3 is 2.44 bits per heavy atom. The van der Waals surface area contributed by atoms with Gasteiger partial charge in [-0.15, -0.1) is 0 Å². The minimum atomic E-state index is -1.77. The van der Waals surface area contributed by atoms with Crippen LogP contribution in [0.15, 0.2) is 12.2 Å². The molecule has 18 heavy (non-hydrogen) atoms. The van der Waals surface area contributed by atoms with Crippen LogP contribution in [0, 0.1) is 5.92 Å². The number of ether oxygens (including phenoxy) is 1. The first kappa shape index (κ1) is 15.4. The fourth-order valence-corrected chi connectivity index (χ4v) is 3.14. The van der Waals surface area contributed by atoms with Crippen molar-refractivity contribution in [3.63, 3.8) is 0 Å². The Morgan fingerprint density at radius 1 is 1.33 bits per heavy atom. The number of rotatable bonds is 3. The molecule has 0 spiro atoms. The van der Waals surface area contributed by atoms with Crippen LogP contribution in [-0.4, -0.2) is 27.5 Å². The van der Waals surface area contributed by atoms with E-state index in [4.69, 9.17) is 9.16 Å². The van der Waals surface area contributed by atoms with Crippen molar-refractivity contribution in [1.29, 1.82) is 0 Å². The molecule has 0 fully saturated rings. The van der Waals surface area contributed by atoms with E-state index in [0.29, 0.717) is 0 Å². The average Bonchev–Trinajstić information content (AvgIpc) is 2.26. The summed E-state index contributed by atoms with van der Waals surface area (Å²) in [6, 6.07) is 0. The van der Waals surface area contributed by atoms with Gasteiger partial charge in [-0.2, -0.15) is 0 Å². The van der Waals surface area contributed by atoms with Crippen LogP contribution in [0.2, 0.25) is 18.1 Å². The van der Waals surface area contributed by atoms with E-state index in [9.17, 15) is 4.79 Å². The van der Waals surface area contributed by atoms with E-state index in [2.05, 4.69) is 39.9 Å². The molecule has 1 aliphatic rings. The number of methoxy groups -OCH3 is 1. The molecule has 0 saturated heterocycles. The van der Waals surface area contributed by atoms with Gasteiger partial charge in [0.25, 0.3) is 0 Å². The van der Waals surface area contributed by atoms with Crippen molar-refractivity contribution >= 4 is 14.3 Å². The maximum absolute atomic E-state index is 11.6. The summed E-state index contributed by atoms with van der Waals surface area (Å²) in [5.74, 6) is -0.169. The summed E-state index contributed by atoms with van der Waals surface area (Å²) in [5.41, 5.74) is 0. The van der Waals surface area contributed by atoms with Crippen molar-refractivity contribution in [3.05, 3.63) is 12.2 Å². The summed E-state index contributed by atoms with van der Waals surface area (Å²) in [5, 5.41) is 0.194. The second-order valence-corrected chi connectivity index (χ2v) is 11.3. The van der Waals surface area contributed by atoms with Crippen molar-refractivity contribution < 1.29 is 14.0 Å². The Balaban J connectivity index is 2.67. The van der Waals surface area contributed by atoms with Crippen LogP contribution in [0.1, 0.15) is 33.6 Å². The second-order valence-electron chi connectivity index (χ2n) is 6.54. The number of hydrogen-bond acceptors (Lipinski definition) is 3. The molecule has 1 aliphatic carbocycles. The molecule has 0 heterocycles. The Morgan fingerprint density at radius 2 is 1.94 bits per heavy atom. The highest BCUT2D eigenvalue weighted by Crippen LogP contribution is 2.38. The van der Waals surface area contributed by atoms with Gasteiger partial charge < -0.3 is 9.16 Å². The Hall–Kier alpha value is -0.613. The van der Waals surface area contributed by atoms with Crippen LogP contribution in [0.25, 0.3) is 0 Å².